The van der Waals surface area contributed by atoms with Gasteiger partial charge in [0.05, 0.1) is 18.0 Å². The van der Waals surface area contributed by atoms with Gasteiger partial charge >= 0.3 is 0 Å². The van der Waals surface area contributed by atoms with Gasteiger partial charge in [0.2, 0.25) is 5.91 Å². The average Bonchev–Trinajstić information content (AvgIpc) is 3.05. The highest BCUT2D eigenvalue weighted by Crippen LogP contribution is 2.32. The highest BCUT2D eigenvalue weighted by Gasteiger charge is 2.37. The van der Waals surface area contributed by atoms with Gasteiger partial charge in [-0.2, -0.15) is 5.10 Å². The van der Waals surface area contributed by atoms with Crippen molar-refractivity contribution in [2.45, 2.75) is 31.6 Å². The fourth-order valence-electron chi connectivity index (χ4n) is 3.47. The van der Waals surface area contributed by atoms with Gasteiger partial charge < -0.3 is 0 Å². The highest BCUT2D eigenvalue weighted by molar-refractivity contribution is 9.10. The van der Waals surface area contributed by atoms with Crippen LogP contribution in [0.4, 0.5) is 0 Å². The lowest BCUT2D eigenvalue weighted by Gasteiger charge is -2.17. The Kier molecular flexibility index (Phi) is 6.65. The van der Waals surface area contributed by atoms with Crippen LogP contribution < -0.4 is 0 Å². The Bertz CT molecular complexity index is 1110. The maximum atomic E-state index is 13.1. The van der Waals surface area contributed by atoms with Crippen molar-refractivity contribution in [2.75, 3.05) is 0 Å². The van der Waals surface area contributed by atoms with Gasteiger partial charge in [0.25, 0.3) is 0 Å². The van der Waals surface area contributed by atoms with Crippen LogP contribution in [0, 0.1) is 0 Å². The molecule has 4 rings (SSSR count). The minimum absolute atomic E-state index is 0.0911. The fourth-order valence-corrected chi connectivity index (χ4v) is 4.95. The first-order valence-corrected chi connectivity index (χ1v) is 11.6. The van der Waals surface area contributed by atoms with Crippen molar-refractivity contribution in [3.63, 3.8) is 0 Å². The lowest BCUT2D eigenvalue weighted by molar-refractivity contribution is -0.126. The van der Waals surface area contributed by atoms with E-state index in [9.17, 15) is 4.79 Å². The van der Waals surface area contributed by atoms with E-state index in [2.05, 4.69) is 57.3 Å². The van der Waals surface area contributed by atoms with Gasteiger partial charge in [-0.3, -0.25) is 9.69 Å². The second-order valence-electron chi connectivity index (χ2n) is 7.14. The lowest BCUT2D eigenvalue weighted by atomic mass is 10.0. The van der Waals surface area contributed by atoms with Crippen molar-refractivity contribution in [1.82, 2.24) is 4.90 Å². The summed E-state index contributed by atoms with van der Waals surface area (Å²) in [7, 11) is 0. The quantitative estimate of drug-likeness (QED) is 0.310. The molecule has 1 saturated heterocycles. The Hall–Kier alpha value is -2.44. The number of amidine groups is 1. The Labute approximate surface area is 189 Å². The zero-order valence-corrected chi connectivity index (χ0v) is 19.1. The largest absolute Gasteiger partial charge is 0.284 e. The summed E-state index contributed by atoms with van der Waals surface area (Å²) in [6.07, 6.45) is 3.51. The number of hydrogen-bond acceptors (Lipinski definition) is 4. The molecule has 1 atom stereocenters. The van der Waals surface area contributed by atoms with E-state index in [-0.39, 0.29) is 11.2 Å². The lowest BCUT2D eigenvalue weighted by Crippen LogP contribution is -2.31. The van der Waals surface area contributed by atoms with Gasteiger partial charge in [0.15, 0.2) is 5.17 Å². The molecule has 6 heteroatoms. The molecule has 0 aliphatic carbocycles. The molecule has 3 aromatic rings. The second kappa shape index (κ2) is 9.58. The summed E-state index contributed by atoms with van der Waals surface area (Å²) in [6, 6.07) is 22.3. The van der Waals surface area contributed by atoms with Crippen LogP contribution in [-0.2, 0) is 11.3 Å². The molecule has 152 valence electrons. The molecule has 4 nitrogen and oxygen atoms in total. The molecule has 0 unspecified atom stereocenters. The van der Waals surface area contributed by atoms with Gasteiger partial charge in [-0.05, 0) is 40.5 Å². The number of thioether (sulfide) groups is 1. The molecule has 0 spiro atoms. The first-order valence-electron chi connectivity index (χ1n) is 9.97. The van der Waals surface area contributed by atoms with Crippen LogP contribution in [0.1, 0.15) is 30.9 Å². The van der Waals surface area contributed by atoms with Crippen LogP contribution in [0.2, 0.25) is 0 Å². The predicted octanol–water partition coefficient (Wildman–Crippen LogP) is 6.24. The maximum Gasteiger partial charge on any atom is 0.242 e. The Morgan fingerprint density at radius 1 is 1.07 bits per heavy atom. The minimum Gasteiger partial charge on any atom is -0.284 e. The second-order valence-corrected chi connectivity index (χ2v) is 9.22. The number of hydrogen-bond donors (Lipinski definition) is 0. The summed E-state index contributed by atoms with van der Waals surface area (Å²) < 4.78 is 1.02. The number of carbonyl (C=O) groups excluding carboxylic acids is 1. The zero-order valence-electron chi connectivity index (χ0n) is 16.7. The van der Waals surface area contributed by atoms with Crippen LogP contribution in [0.5, 0.6) is 0 Å². The van der Waals surface area contributed by atoms with Crippen molar-refractivity contribution < 1.29 is 4.79 Å². The standard InChI is InChI=1S/C24H22BrN3OS/c1-2-6-22-23(29)28(16-19-9-5-8-18-7-3-4-10-21(18)19)24(30-22)27-26-15-17-11-13-20(25)14-12-17/h3-5,7-15,22H,2,6,16H2,1H3/b26-15-,27-24-/t22-/m1/s1. The van der Waals surface area contributed by atoms with E-state index in [1.165, 1.54) is 17.1 Å². The first kappa shape index (κ1) is 20.8. The molecule has 1 aliphatic heterocycles. The molecule has 1 aliphatic rings. The van der Waals surface area contributed by atoms with E-state index in [4.69, 9.17) is 0 Å². The third kappa shape index (κ3) is 4.65. The van der Waals surface area contributed by atoms with E-state index in [1.54, 1.807) is 11.1 Å². The highest BCUT2D eigenvalue weighted by atomic mass is 79.9. The average molecular weight is 480 g/mol. The van der Waals surface area contributed by atoms with Crippen LogP contribution in [0.3, 0.4) is 0 Å². The number of fused-ring (bicyclic) bond motifs is 1. The van der Waals surface area contributed by atoms with Crippen molar-refractivity contribution in [3.8, 4) is 0 Å². The van der Waals surface area contributed by atoms with Gasteiger partial charge in [-0.1, -0.05) is 95.6 Å². The molecule has 30 heavy (non-hydrogen) atoms. The maximum absolute atomic E-state index is 13.1. The van der Waals surface area contributed by atoms with E-state index in [0.29, 0.717) is 11.7 Å². The summed E-state index contributed by atoms with van der Waals surface area (Å²) >= 11 is 4.95. The summed E-state index contributed by atoms with van der Waals surface area (Å²) in [5.41, 5.74) is 2.08. The SMILES string of the molecule is CCC[C@H]1S/C(=N\N=C/c2ccc(Br)cc2)N(Cc2cccc3ccccc23)C1=O. The van der Waals surface area contributed by atoms with E-state index < -0.39 is 0 Å². The van der Waals surface area contributed by atoms with Gasteiger partial charge in [-0.25, -0.2) is 0 Å². The smallest absolute Gasteiger partial charge is 0.242 e. The Morgan fingerprint density at radius 2 is 1.83 bits per heavy atom. The van der Waals surface area contributed by atoms with Crippen LogP contribution in [0.15, 0.2) is 81.4 Å². The molecule has 1 heterocycles. The number of amides is 1. The topological polar surface area (TPSA) is 45.0 Å². The molecule has 0 N–H and O–H groups in total. The summed E-state index contributed by atoms with van der Waals surface area (Å²) in [4.78, 5) is 14.9. The molecule has 0 bridgehead atoms. The van der Waals surface area contributed by atoms with Crippen molar-refractivity contribution >= 4 is 55.8 Å². The molecular formula is C24H22BrN3OS. The number of nitrogens with zero attached hydrogens (tertiary/aromatic N) is 3. The molecule has 0 radical (unpaired) electrons. The molecule has 1 amide bonds. The normalized spacial score (nSPS) is 18.2. The third-order valence-electron chi connectivity index (χ3n) is 5.00. The summed E-state index contributed by atoms with van der Waals surface area (Å²) in [6.45, 7) is 2.60. The van der Waals surface area contributed by atoms with Crippen LogP contribution in [0.25, 0.3) is 10.8 Å². The summed E-state index contributed by atoms with van der Waals surface area (Å²) in [5, 5.41) is 11.6. The molecule has 1 fully saturated rings. The van der Waals surface area contributed by atoms with Gasteiger partial charge in [0.1, 0.15) is 0 Å². The van der Waals surface area contributed by atoms with Crippen molar-refractivity contribution in [2.24, 2.45) is 10.2 Å². The van der Waals surface area contributed by atoms with E-state index in [0.717, 1.165) is 33.8 Å². The molecule has 0 saturated carbocycles. The van der Waals surface area contributed by atoms with Gasteiger partial charge in [0, 0.05) is 4.47 Å². The van der Waals surface area contributed by atoms with E-state index >= 15 is 0 Å². The monoisotopic (exact) mass is 479 g/mol. The van der Waals surface area contributed by atoms with Crippen LogP contribution >= 0.6 is 27.7 Å². The van der Waals surface area contributed by atoms with E-state index in [1.807, 2.05) is 42.5 Å². The molecule has 0 aromatic heterocycles. The molecular weight excluding hydrogens is 458 g/mol. The van der Waals surface area contributed by atoms with Crippen molar-refractivity contribution in [3.05, 3.63) is 82.3 Å². The van der Waals surface area contributed by atoms with Gasteiger partial charge in [-0.15, -0.1) is 5.10 Å². The Balaban J connectivity index is 1.62. The third-order valence-corrected chi connectivity index (χ3v) is 6.76. The Morgan fingerprint density at radius 3 is 2.63 bits per heavy atom. The predicted molar refractivity (Wildman–Crippen MR) is 130 cm³/mol. The number of carbonyl (C=O) groups is 1. The summed E-state index contributed by atoms with van der Waals surface area (Å²) in [5.74, 6) is 0.118. The number of halogens is 1. The zero-order chi connectivity index (χ0) is 20.9. The van der Waals surface area contributed by atoms with Crippen molar-refractivity contribution in [1.29, 1.82) is 0 Å². The fraction of sp³-hybridized carbons (Fsp3) is 0.208. The number of benzene rings is 3. The van der Waals surface area contributed by atoms with Crippen LogP contribution in [-0.4, -0.2) is 27.4 Å². The minimum atomic E-state index is -0.0911. The number of rotatable bonds is 6. The first-order chi connectivity index (χ1) is 14.7. The molecule has 3 aromatic carbocycles.